The molecule has 1 aromatic carbocycles. The Morgan fingerprint density at radius 2 is 1.77 bits per heavy atom. The van der Waals surface area contributed by atoms with Crippen molar-refractivity contribution in [2.45, 2.75) is 45.1 Å². The Morgan fingerprint density at radius 1 is 1.15 bits per heavy atom. The third kappa shape index (κ3) is 3.34. The number of rotatable bonds is 4. The Morgan fingerprint density at radius 3 is 2.35 bits per heavy atom. The van der Waals surface area contributed by atoms with Gasteiger partial charge in [-0.05, 0) is 80.9 Å². The highest BCUT2D eigenvalue weighted by Crippen LogP contribution is 2.56. The molecule has 1 aromatic rings. The highest BCUT2D eigenvalue weighted by molar-refractivity contribution is 6.33. The lowest BCUT2D eigenvalue weighted by molar-refractivity contribution is -0.169. The number of amides is 1. The van der Waals surface area contributed by atoms with Gasteiger partial charge in [-0.1, -0.05) is 11.6 Å². The van der Waals surface area contributed by atoms with E-state index in [1.807, 2.05) is 0 Å². The lowest BCUT2D eigenvalue weighted by atomic mass is 9.52. The third-order valence-corrected chi connectivity index (χ3v) is 6.66. The van der Waals surface area contributed by atoms with Crippen LogP contribution in [0, 0.1) is 35.4 Å². The van der Waals surface area contributed by atoms with Gasteiger partial charge in [-0.3, -0.25) is 9.59 Å². The molecule has 140 valence electrons. The Balaban J connectivity index is 1.37. The second-order valence-corrected chi connectivity index (χ2v) is 8.56. The standard InChI is InChI=1S/C20H23ClFNO3/c1-10(19(24)23-17-3-2-15(22)9-16(17)21)26-20(25)18-13-5-11-4-12(7-13)8-14(18)6-11/h2-3,9-14,18H,4-8H2,1H3,(H,23,24)/t10-,11?,12?,13?,14?,18?/m1/s1. The predicted molar refractivity (Wildman–Crippen MR) is 96.1 cm³/mol. The summed E-state index contributed by atoms with van der Waals surface area (Å²) in [6.45, 7) is 1.56. The van der Waals surface area contributed by atoms with Gasteiger partial charge in [0.15, 0.2) is 6.10 Å². The van der Waals surface area contributed by atoms with E-state index in [1.165, 1.54) is 18.6 Å². The first-order valence-corrected chi connectivity index (χ1v) is 9.75. The zero-order chi connectivity index (χ0) is 18.4. The highest BCUT2D eigenvalue weighted by atomic mass is 35.5. The molecule has 0 radical (unpaired) electrons. The van der Waals surface area contributed by atoms with E-state index in [0.29, 0.717) is 17.5 Å². The average Bonchev–Trinajstić information content (AvgIpc) is 2.56. The fourth-order valence-corrected chi connectivity index (χ4v) is 5.66. The molecule has 1 N–H and O–H groups in total. The van der Waals surface area contributed by atoms with Crippen LogP contribution in [-0.4, -0.2) is 18.0 Å². The highest BCUT2D eigenvalue weighted by Gasteiger charge is 2.51. The lowest BCUT2D eigenvalue weighted by Crippen LogP contribution is -2.49. The van der Waals surface area contributed by atoms with E-state index in [4.69, 9.17) is 16.3 Å². The molecule has 4 fully saturated rings. The van der Waals surface area contributed by atoms with Crippen molar-refractivity contribution in [3.05, 3.63) is 29.0 Å². The molecule has 0 aliphatic heterocycles. The van der Waals surface area contributed by atoms with Crippen molar-refractivity contribution in [1.82, 2.24) is 0 Å². The van der Waals surface area contributed by atoms with Crippen LogP contribution in [0.1, 0.15) is 39.0 Å². The summed E-state index contributed by atoms with van der Waals surface area (Å²) in [4.78, 5) is 25.1. The van der Waals surface area contributed by atoms with Crippen molar-refractivity contribution in [3.63, 3.8) is 0 Å². The molecule has 4 aliphatic rings. The minimum Gasteiger partial charge on any atom is -0.452 e. The van der Waals surface area contributed by atoms with Crippen molar-refractivity contribution < 1.29 is 18.7 Å². The average molecular weight is 380 g/mol. The summed E-state index contributed by atoms with van der Waals surface area (Å²) in [5.41, 5.74) is 0.301. The van der Waals surface area contributed by atoms with Gasteiger partial charge in [0, 0.05) is 0 Å². The van der Waals surface area contributed by atoms with Crippen LogP contribution in [0.4, 0.5) is 10.1 Å². The number of carbonyl (C=O) groups is 2. The Hall–Kier alpha value is -1.62. The van der Waals surface area contributed by atoms with Crippen LogP contribution < -0.4 is 5.32 Å². The van der Waals surface area contributed by atoms with Crippen LogP contribution in [0.15, 0.2) is 18.2 Å². The number of benzene rings is 1. The molecule has 0 saturated heterocycles. The Labute approximate surface area is 157 Å². The summed E-state index contributed by atoms with van der Waals surface area (Å²) in [7, 11) is 0. The molecule has 0 aromatic heterocycles. The molecule has 1 atom stereocenters. The van der Waals surface area contributed by atoms with Gasteiger partial charge < -0.3 is 10.1 Å². The first-order valence-electron chi connectivity index (χ1n) is 9.37. The van der Waals surface area contributed by atoms with Crippen molar-refractivity contribution >= 4 is 29.2 Å². The minimum atomic E-state index is -0.916. The van der Waals surface area contributed by atoms with Gasteiger partial charge in [0.1, 0.15) is 5.82 Å². The van der Waals surface area contributed by atoms with Crippen LogP contribution in [0.5, 0.6) is 0 Å². The first kappa shape index (κ1) is 17.8. The molecule has 0 spiro atoms. The van der Waals surface area contributed by atoms with Crippen molar-refractivity contribution in [3.8, 4) is 0 Å². The normalized spacial score (nSPS) is 33.0. The van der Waals surface area contributed by atoms with Crippen LogP contribution in [0.3, 0.4) is 0 Å². The maximum absolute atomic E-state index is 13.1. The second kappa shape index (κ2) is 6.84. The summed E-state index contributed by atoms with van der Waals surface area (Å²) < 4.78 is 18.6. The fourth-order valence-electron chi connectivity index (χ4n) is 5.44. The number of anilines is 1. The van der Waals surface area contributed by atoms with Gasteiger partial charge in [-0.2, -0.15) is 0 Å². The van der Waals surface area contributed by atoms with Crippen LogP contribution in [0.2, 0.25) is 5.02 Å². The van der Waals surface area contributed by atoms with Crippen LogP contribution in [0.25, 0.3) is 0 Å². The molecule has 4 nitrogen and oxygen atoms in total. The van der Waals surface area contributed by atoms with Crippen molar-refractivity contribution in [2.24, 2.45) is 29.6 Å². The predicted octanol–water partition coefficient (Wildman–Crippen LogP) is 4.42. The summed E-state index contributed by atoms with van der Waals surface area (Å²) in [5.74, 6) is 1.15. The van der Waals surface area contributed by atoms with E-state index in [2.05, 4.69) is 5.32 Å². The zero-order valence-corrected chi connectivity index (χ0v) is 15.5. The van der Waals surface area contributed by atoms with Gasteiger partial charge in [0.2, 0.25) is 0 Å². The van der Waals surface area contributed by atoms with Crippen molar-refractivity contribution in [2.75, 3.05) is 5.32 Å². The monoisotopic (exact) mass is 379 g/mol. The number of carbonyl (C=O) groups excluding carboxylic acids is 2. The van der Waals surface area contributed by atoms with Gasteiger partial charge in [0.05, 0.1) is 16.6 Å². The largest absolute Gasteiger partial charge is 0.452 e. The van der Waals surface area contributed by atoms with Crippen molar-refractivity contribution in [1.29, 1.82) is 0 Å². The second-order valence-electron chi connectivity index (χ2n) is 8.15. The SMILES string of the molecule is C[C@@H](OC(=O)C1C2CC3CC(C2)CC1C3)C(=O)Nc1ccc(F)cc1Cl. The van der Waals surface area contributed by atoms with E-state index < -0.39 is 17.8 Å². The molecule has 0 heterocycles. The maximum atomic E-state index is 13.1. The molecular formula is C20H23ClFNO3. The third-order valence-electron chi connectivity index (χ3n) is 6.35. The van der Waals surface area contributed by atoms with E-state index in [0.717, 1.165) is 43.6 Å². The number of hydrogen-bond acceptors (Lipinski definition) is 3. The van der Waals surface area contributed by atoms with Gasteiger partial charge in [-0.25, -0.2) is 4.39 Å². The van der Waals surface area contributed by atoms with Crippen LogP contribution in [-0.2, 0) is 14.3 Å². The van der Waals surface area contributed by atoms with E-state index in [1.54, 1.807) is 6.92 Å². The first-order chi connectivity index (χ1) is 12.4. The number of hydrogen-bond donors (Lipinski definition) is 1. The number of halogens is 2. The summed E-state index contributed by atoms with van der Waals surface area (Å²) in [6, 6.07) is 3.73. The minimum absolute atomic E-state index is 0.0625. The summed E-state index contributed by atoms with van der Waals surface area (Å²) in [6.07, 6.45) is 4.90. The van der Waals surface area contributed by atoms with E-state index in [9.17, 15) is 14.0 Å². The number of esters is 1. The van der Waals surface area contributed by atoms with E-state index in [-0.39, 0.29) is 16.9 Å². The zero-order valence-electron chi connectivity index (χ0n) is 14.7. The van der Waals surface area contributed by atoms with Gasteiger partial charge >= 0.3 is 5.97 Å². The maximum Gasteiger partial charge on any atom is 0.310 e. The summed E-state index contributed by atoms with van der Waals surface area (Å²) in [5, 5.41) is 2.70. The molecule has 4 bridgehead atoms. The van der Waals surface area contributed by atoms with E-state index >= 15 is 0 Å². The molecule has 0 unspecified atom stereocenters. The van der Waals surface area contributed by atoms with Gasteiger partial charge in [0.25, 0.3) is 5.91 Å². The Kier molecular flexibility index (Phi) is 4.68. The molecule has 4 aliphatic carbocycles. The molecule has 5 rings (SSSR count). The number of nitrogens with one attached hydrogen (secondary N) is 1. The molecule has 4 saturated carbocycles. The molecule has 6 heteroatoms. The smallest absolute Gasteiger partial charge is 0.310 e. The Bertz CT molecular complexity index is 710. The molecular weight excluding hydrogens is 357 g/mol. The lowest BCUT2D eigenvalue weighted by Gasteiger charge is -2.53. The molecule has 26 heavy (non-hydrogen) atoms. The summed E-state index contributed by atoms with van der Waals surface area (Å²) >= 11 is 5.93. The molecule has 1 amide bonds. The fraction of sp³-hybridized carbons (Fsp3) is 0.600. The quantitative estimate of drug-likeness (QED) is 0.788. The van der Waals surface area contributed by atoms with Gasteiger partial charge in [-0.15, -0.1) is 0 Å². The van der Waals surface area contributed by atoms with Crippen LogP contribution >= 0.6 is 11.6 Å². The number of ether oxygens (including phenoxy) is 1. The topological polar surface area (TPSA) is 55.4 Å².